The molecule has 0 radical (unpaired) electrons. The number of allylic oxidation sites excluding steroid dienone is 1. The molecule has 0 saturated heterocycles. The van der Waals surface area contributed by atoms with Crippen molar-refractivity contribution in [3.05, 3.63) is 52.6 Å². The van der Waals surface area contributed by atoms with E-state index in [4.69, 9.17) is 0 Å². The molecule has 0 unspecified atom stereocenters. The van der Waals surface area contributed by atoms with Gasteiger partial charge in [0.15, 0.2) is 0 Å². The van der Waals surface area contributed by atoms with E-state index in [-0.39, 0.29) is 11.0 Å². The molecule has 2 rings (SSSR count). The predicted octanol–water partition coefficient (Wildman–Crippen LogP) is 6.15. The zero-order valence-electron chi connectivity index (χ0n) is 11.3. The van der Waals surface area contributed by atoms with Crippen molar-refractivity contribution in [2.45, 2.75) is 26.2 Å². The van der Waals surface area contributed by atoms with Crippen LogP contribution < -0.4 is 0 Å². The number of aliphatic hydroxyl groups excluding tert-OH is 1. The molecule has 0 fully saturated rings. The van der Waals surface area contributed by atoms with E-state index in [0.29, 0.717) is 6.08 Å². The summed E-state index contributed by atoms with van der Waals surface area (Å²) in [5, 5.41) is 8.94. The molecule has 0 bridgehead atoms. The van der Waals surface area contributed by atoms with Crippen LogP contribution in [0, 0.1) is 0 Å². The van der Waals surface area contributed by atoms with E-state index in [1.807, 2.05) is 20.8 Å². The van der Waals surface area contributed by atoms with Gasteiger partial charge in [-0.05, 0) is 22.6 Å². The highest BCUT2D eigenvalue weighted by molar-refractivity contribution is 8.58. The van der Waals surface area contributed by atoms with Crippen LogP contribution in [-0.2, 0) is 5.41 Å². The number of hydrogen-bond donors (Lipinski definition) is 1. The normalized spacial score (nSPS) is 26.6. The minimum Gasteiger partial charge on any atom is -0.506 e. The number of aliphatic hydroxyl groups is 1. The molecular weight excluding hydrogens is 292 g/mol. The number of benzene rings is 1. The van der Waals surface area contributed by atoms with Gasteiger partial charge in [0.05, 0.1) is 0 Å². The number of halogens is 4. The lowest BCUT2D eigenvalue weighted by atomic mass is 9.87. The molecular formula is C14H16F4OS. The molecule has 1 aromatic rings. The summed E-state index contributed by atoms with van der Waals surface area (Å²) >= 11 is 0. The molecule has 0 aromatic heterocycles. The highest BCUT2D eigenvalue weighted by Gasteiger charge is 2.67. The summed E-state index contributed by atoms with van der Waals surface area (Å²) in [4.78, 5) is -1.56. The molecule has 1 aromatic carbocycles. The molecule has 1 N–H and O–H groups in total. The van der Waals surface area contributed by atoms with E-state index in [9.17, 15) is 20.6 Å². The highest BCUT2D eigenvalue weighted by atomic mass is 32.5. The van der Waals surface area contributed by atoms with Crippen molar-refractivity contribution in [3.63, 3.8) is 0 Å². The van der Waals surface area contributed by atoms with Gasteiger partial charge in [-0.2, -0.15) is 0 Å². The Balaban J connectivity index is 2.57. The summed E-state index contributed by atoms with van der Waals surface area (Å²) in [6.07, 6.45) is 0.370. The standard InChI is InChI=1S/C14H16F4OS/c1-14(2,3)11-6-4-10(5-7-11)13-12(19)8-9-20(13,15,16,17)18/h4-9,19H,1-3H3. The van der Waals surface area contributed by atoms with Crippen molar-refractivity contribution < 1.29 is 20.6 Å². The summed E-state index contributed by atoms with van der Waals surface area (Å²) in [7, 11) is -8.51. The first-order valence-electron chi connectivity index (χ1n) is 5.97. The fourth-order valence-corrected chi connectivity index (χ4v) is 3.75. The summed E-state index contributed by atoms with van der Waals surface area (Å²) in [6.45, 7) is 5.77. The second kappa shape index (κ2) is 3.42. The van der Waals surface area contributed by atoms with Crippen LogP contribution in [0.25, 0.3) is 4.91 Å². The maximum absolute atomic E-state index is 13.7. The topological polar surface area (TPSA) is 20.2 Å². The highest BCUT2D eigenvalue weighted by Crippen LogP contribution is 3.05. The third kappa shape index (κ3) is 2.44. The minimum absolute atomic E-state index is 0.220. The van der Waals surface area contributed by atoms with E-state index >= 15 is 0 Å². The summed E-state index contributed by atoms with van der Waals surface area (Å²) < 4.78 is 54.9. The third-order valence-electron chi connectivity index (χ3n) is 3.17. The van der Waals surface area contributed by atoms with Gasteiger partial charge in [-0.3, -0.25) is 0 Å². The Hall–Kier alpha value is -1.43. The van der Waals surface area contributed by atoms with Crippen molar-refractivity contribution in [2.24, 2.45) is 0 Å². The van der Waals surface area contributed by atoms with Crippen LogP contribution in [-0.4, -0.2) is 5.11 Å². The molecule has 0 aliphatic carbocycles. The van der Waals surface area contributed by atoms with Gasteiger partial charge in [0.1, 0.15) is 10.7 Å². The van der Waals surface area contributed by atoms with Crippen molar-refractivity contribution in [3.8, 4) is 0 Å². The molecule has 20 heavy (non-hydrogen) atoms. The lowest BCUT2D eigenvalue weighted by Crippen LogP contribution is -2.12. The predicted molar refractivity (Wildman–Crippen MR) is 75.9 cm³/mol. The molecule has 1 aliphatic heterocycles. The van der Waals surface area contributed by atoms with Crippen molar-refractivity contribution in [1.29, 1.82) is 0 Å². The summed E-state index contributed by atoms with van der Waals surface area (Å²) in [5.74, 6) is -1.08. The Kier molecular flexibility index (Phi) is 2.56. The first-order valence-corrected chi connectivity index (χ1v) is 8.09. The van der Waals surface area contributed by atoms with Gasteiger partial charge in [0.2, 0.25) is 9.84 Å². The molecule has 0 saturated carbocycles. The van der Waals surface area contributed by atoms with Gasteiger partial charge in [-0.15, -0.1) is 15.5 Å². The molecule has 0 spiro atoms. The van der Waals surface area contributed by atoms with Crippen molar-refractivity contribution in [2.75, 3.05) is 0 Å². The lowest BCUT2D eigenvalue weighted by molar-refractivity contribution is 0.435. The van der Waals surface area contributed by atoms with Crippen LogP contribution >= 0.6 is 9.84 Å². The maximum Gasteiger partial charge on any atom is 0.208 e. The van der Waals surface area contributed by atoms with Crippen LogP contribution in [0.2, 0.25) is 0 Å². The van der Waals surface area contributed by atoms with E-state index in [0.717, 1.165) is 5.56 Å². The minimum atomic E-state index is -8.51. The van der Waals surface area contributed by atoms with Crippen molar-refractivity contribution in [1.82, 2.24) is 0 Å². The quantitative estimate of drug-likeness (QED) is 0.617. The van der Waals surface area contributed by atoms with Gasteiger partial charge in [-0.25, -0.2) is 0 Å². The van der Waals surface area contributed by atoms with E-state index in [1.54, 1.807) is 0 Å². The van der Waals surface area contributed by atoms with Crippen LogP contribution in [0.1, 0.15) is 31.9 Å². The monoisotopic (exact) mass is 308 g/mol. The fraction of sp³-hybridized carbons (Fsp3) is 0.286. The van der Waals surface area contributed by atoms with Gasteiger partial charge in [0, 0.05) is 5.41 Å². The molecule has 112 valence electrons. The van der Waals surface area contributed by atoms with E-state index in [2.05, 4.69) is 0 Å². The Morgan fingerprint density at radius 2 is 1.45 bits per heavy atom. The molecule has 0 atom stereocenters. The zero-order valence-corrected chi connectivity index (χ0v) is 12.1. The van der Waals surface area contributed by atoms with Crippen LogP contribution in [0.3, 0.4) is 0 Å². The smallest absolute Gasteiger partial charge is 0.208 e. The molecule has 1 heterocycles. The largest absolute Gasteiger partial charge is 0.506 e. The van der Waals surface area contributed by atoms with Gasteiger partial charge in [-0.1, -0.05) is 45.0 Å². The Bertz CT molecular complexity index is 629. The first kappa shape index (κ1) is 15.0. The molecule has 6 heteroatoms. The first-order chi connectivity index (χ1) is 8.73. The lowest BCUT2D eigenvalue weighted by Gasteiger charge is -2.46. The fourth-order valence-electron chi connectivity index (χ4n) is 2.08. The van der Waals surface area contributed by atoms with Gasteiger partial charge >= 0.3 is 0 Å². The average molecular weight is 308 g/mol. The maximum atomic E-state index is 13.7. The van der Waals surface area contributed by atoms with Crippen LogP contribution in [0.5, 0.6) is 0 Å². The van der Waals surface area contributed by atoms with E-state index < -0.39 is 25.9 Å². The zero-order chi connectivity index (χ0) is 15.5. The number of hydrogen-bond acceptors (Lipinski definition) is 1. The Morgan fingerprint density at radius 3 is 1.80 bits per heavy atom. The second-order valence-electron chi connectivity index (χ2n) is 5.98. The average Bonchev–Trinajstić information content (AvgIpc) is 2.44. The summed E-state index contributed by atoms with van der Waals surface area (Å²) in [6, 6.07) is 5.42. The van der Waals surface area contributed by atoms with Gasteiger partial charge in [0.25, 0.3) is 0 Å². The third-order valence-corrected chi connectivity index (χ3v) is 5.15. The van der Waals surface area contributed by atoms with E-state index in [1.165, 1.54) is 24.3 Å². The summed E-state index contributed by atoms with van der Waals surface area (Å²) in [5.41, 5.74) is 0.245. The SMILES string of the molecule is CC(C)(C)c1ccc(C2=C(O)C=CS2(F)(F)(F)F)cc1. The van der Waals surface area contributed by atoms with Crippen molar-refractivity contribution >= 4 is 14.7 Å². The molecule has 0 amide bonds. The Morgan fingerprint density at radius 1 is 0.950 bits per heavy atom. The molecule has 1 aliphatic rings. The van der Waals surface area contributed by atoms with Crippen LogP contribution in [0.4, 0.5) is 15.5 Å². The number of rotatable bonds is 1. The van der Waals surface area contributed by atoms with Crippen LogP contribution in [0.15, 0.2) is 41.5 Å². The Labute approximate surface area is 115 Å². The van der Waals surface area contributed by atoms with Gasteiger partial charge < -0.3 is 5.11 Å². The molecule has 1 nitrogen and oxygen atoms in total. The second-order valence-corrected chi connectivity index (χ2v) is 8.92.